The summed E-state index contributed by atoms with van der Waals surface area (Å²) in [4.78, 5) is 22.3. The number of amides is 1. The van der Waals surface area contributed by atoms with Crippen molar-refractivity contribution < 1.29 is 19.4 Å². The number of carbonyl (C=O) groups is 2. The van der Waals surface area contributed by atoms with E-state index in [4.69, 9.17) is 9.84 Å². The third-order valence-electron chi connectivity index (χ3n) is 2.11. The lowest BCUT2D eigenvalue weighted by atomic mass is 9.84. The Hall–Kier alpha value is -1.72. The van der Waals surface area contributed by atoms with Gasteiger partial charge in [-0.05, 0) is 18.8 Å². The van der Waals surface area contributed by atoms with Crippen molar-refractivity contribution in [3.8, 4) is 0 Å². The predicted molar refractivity (Wildman–Crippen MR) is 66.3 cm³/mol. The molecule has 6 nitrogen and oxygen atoms in total. The predicted octanol–water partition coefficient (Wildman–Crippen LogP) is 3.39. The average molecular weight is 256 g/mol. The molecule has 1 amide bonds. The summed E-state index contributed by atoms with van der Waals surface area (Å²) in [5.41, 5.74) is 0.204. The normalized spacial score (nSPS) is 13.4. The van der Waals surface area contributed by atoms with E-state index in [1.807, 2.05) is 20.8 Å². The van der Waals surface area contributed by atoms with Crippen molar-refractivity contribution in [2.75, 3.05) is 6.61 Å². The second-order valence-electron chi connectivity index (χ2n) is 4.63. The maximum Gasteiger partial charge on any atom is 0.449 e. The maximum atomic E-state index is 11.9. The summed E-state index contributed by atoms with van der Waals surface area (Å²) in [7, 11) is 0. The van der Waals surface area contributed by atoms with E-state index >= 15 is 0 Å². The number of ether oxygens (including phenoxy) is 1. The molecule has 0 aliphatic rings. The number of hydrogen-bond donors (Lipinski definition) is 1. The second kappa shape index (κ2) is 6.88. The first-order valence-corrected chi connectivity index (χ1v) is 5.79. The van der Waals surface area contributed by atoms with Gasteiger partial charge in [-0.2, -0.15) is 0 Å². The van der Waals surface area contributed by atoms with Gasteiger partial charge in [0.15, 0.2) is 0 Å². The van der Waals surface area contributed by atoms with Crippen LogP contribution in [0.3, 0.4) is 0 Å². The van der Waals surface area contributed by atoms with Crippen molar-refractivity contribution in [2.45, 2.75) is 41.0 Å². The molecular formula is C12H20N2O4. The fourth-order valence-corrected chi connectivity index (χ4v) is 1.46. The Balaban J connectivity index is 5.60. The van der Waals surface area contributed by atoms with Crippen LogP contribution in [0.5, 0.6) is 0 Å². The van der Waals surface area contributed by atoms with E-state index in [1.54, 1.807) is 13.8 Å². The van der Waals surface area contributed by atoms with E-state index < -0.39 is 17.5 Å². The Morgan fingerprint density at radius 3 is 2.06 bits per heavy atom. The highest BCUT2D eigenvalue weighted by Gasteiger charge is 2.28. The quantitative estimate of drug-likeness (QED) is 0.474. The number of allylic oxidation sites excluding steroid dienone is 1. The third-order valence-corrected chi connectivity index (χ3v) is 2.11. The molecule has 0 saturated heterocycles. The first kappa shape index (κ1) is 16.3. The molecule has 0 aliphatic carbocycles. The molecule has 18 heavy (non-hydrogen) atoms. The van der Waals surface area contributed by atoms with Crippen LogP contribution in [-0.2, 0) is 9.53 Å². The van der Waals surface area contributed by atoms with Gasteiger partial charge in [-0.15, -0.1) is 5.11 Å². The lowest BCUT2D eigenvalue weighted by Gasteiger charge is -2.22. The number of esters is 1. The van der Waals surface area contributed by atoms with Crippen molar-refractivity contribution in [3.63, 3.8) is 0 Å². The standard InChI is InChI=1S/C12H20N2O4/c1-6-8(13-14-11(16)17)9(12(3,4)5)10(15)18-7-2/h6-7H2,1-5H3,(H,16,17). The van der Waals surface area contributed by atoms with Crippen molar-refractivity contribution in [2.24, 2.45) is 15.6 Å². The van der Waals surface area contributed by atoms with Crippen LogP contribution in [0.15, 0.2) is 21.5 Å². The molecule has 0 radical (unpaired) electrons. The van der Waals surface area contributed by atoms with Gasteiger partial charge in [0.2, 0.25) is 0 Å². The van der Waals surface area contributed by atoms with Crippen LogP contribution in [-0.4, -0.2) is 23.8 Å². The molecule has 0 saturated carbocycles. The molecule has 0 bridgehead atoms. The minimum absolute atomic E-state index is 0.255. The van der Waals surface area contributed by atoms with Crippen LogP contribution < -0.4 is 0 Å². The first-order valence-electron chi connectivity index (χ1n) is 5.79. The van der Waals surface area contributed by atoms with Gasteiger partial charge in [-0.25, -0.2) is 9.59 Å². The Bertz CT molecular complexity index is 378. The van der Waals surface area contributed by atoms with Gasteiger partial charge in [0.05, 0.1) is 17.9 Å². The van der Waals surface area contributed by atoms with E-state index in [0.717, 1.165) is 0 Å². The second-order valence-corrected chi connectivity index (χ2v) is 4.63. The minimum atomic E-state index is -1.39. The van der Waals surface area contributed by atoms with E-state index in [0.29, 0.717) is 17.7 Å². The molecule has 1 N–H and O–H groups in total. The van der Waals surface area contributed by atoms with Gasteiger partial charge in [0.1, 0.15) is 0 Å². The highest BCUT2D eigenvalue weighted by molar-refractivity contribution is 5.90. The number of nitrogens with zero attached hydrogens (tertiary/aromatic N) is 2. The molecule has 0 fully saturated rings. The molecule has 0 aromatic heterocycles. The first-order chi connectivity index (χ1) is 8.23. The molecule has 0 spiro atoms. The van der Waals surface area contributed by atoms with E-state index in [1.165, 1.54) is 0 Å². The summed E-state index contributed by atoms with van der Waals surface area (Å²) < 4.78 is 4.97. The van der Waals surface area contributed by atoms with Gasteiger partial charge in [-0.1, -0.05) is 32.8 Å². The van der Waals surface area contributed by atoms with Crippen molar-refractivity contribution in [1.82, 2.24) is 0 Å². The Morgan fingerprint density at radius 2 is 1.72 bits per heavy atom. The fraction of sp³-hybridized carbons (Fsp3) is 0.667. The highest BCUT2D eigenvalue weighted by Crippen LogP contribution is 2.31. The summed E-state index contributed by atoms with van der Waals surface area (Å²) in [6, 6.07) is 0. The van der Waals surface area contributed by atoms with Gasteiger partial charge in [0, 0.05) is 0 Å². The van der Waals surface area contributed by atoms with Gasteiger partial charge in [0.25, 0.3) is 0 Å². The molecule has 0 aliphatic heterocycles. The highest BCUT2D eigenvalue weighted by atomic mass is 16.5. The number of hydrogen-bond acceptors (Lipinski definition) is 4. The third kappa shape index (κ3) is 5.07. The Kier molecular flexibility index (Phi) is 6.22. The van der Waals surface area contributed by atoms with E-state index in [9.17, 15) is 9.59 Å². The van der Waals surface area contributed by atoms with Gasteiger partial charge in [-0.3, -0.25) is 0 Å². The maximum absolute atomic E-state index is 11.9. The zero-order valence-corrected chi connectivity index (χ0v) is 11.5. The number of carbonyl (C=O) groups excluding carboxylic acids is 1. The van der Waals surface area contributed by atoms with Crippen molar-refractivity contribution in [1.29, 1.82) is 0 Å². The summed E-state index contributed by atoms with van der Waals surface area (Å²) >= 11 is 0. The molecular weight excluding hydrogens is 236 g/mol. The van der Waals surface area contributed by atoms with Crippen LogP contribution in [0.4, 0.5) is 4.79 Å². The molecule has 0 unspecified atom stereocenters. The monoisotopic (exact) mass is 256 g/mol. The van der Waals surface area contributed by atoms with Gasteiger partial charge < -0.3 is 9.84 Å². The van der Waals surface area contributed by atoms with E-state index in [-0.39, 0.29) is 6.61 Å². The van der Waals surface area contributed by atoms with Crippen LogP contribution >= 0.6 is 0 Å². The largest absolute Gasteiger partial charge is 0.463 e. The molecule has 0 aromatic carbocycles. The zero-order chi connectivity index (χ0) is 14.3. The summed E-state index contributed by atoms with van der Waals surface area (Å²) in [6.45, 7) is 9.26. The van der Waals surface area contributed by atoms with Crippen LogP contribution in [0.2, 0.25) is 0 Å². The molecule has 0 atom stereocenters. The molecule has 102 valence electrons. The molecule has 0 aromatic rings. The van der Waals surface area contributed by atoms with E-state index in [2.05, 4.69) is 10.2 Å². The van der Waals surface area contributed by atoms with Crippen molar-refractivity contribution >= 4 is 12.1 Å². The smallest absolute Gasteiger partial charge is 0.449 e. The molecule has 6 heteroatoms. The lowest BCUT2D eigenvalue weighted by molar-refractivity contribution is -0.139. The summed E-state index contributed by atoms with van der Waals surface area (Å²) in [5.74, 6) is -0.480. The Labute approximate surface area is 107 Å². The SMILES string of the molecule is CCOC(=O)C(=C(CC)N=NC(=O)O)C(C)(C)C. The molecule has 0 heterocycles. The lowest BCUT2D eigenvalue weighted by Crippen LogP contribution is -2.22. The van der Waals surface area contributed by atoms with Crippen LogP contribution in [0, 0.1) is 5.41 Å². The van der Waals surface area contributed by atoms with Gasteiger partial charge >= 0.3 is 12.1 Å². The number of azo groups is 1. The number of carboxylic acid groups (broad SMARTS) is 1. The fourth-order valence-electron chi connectivity index (χ4n) is 1.46. The molecule has 0 rings (SSSR count). The zero-order valence-electron chi connectivity index (χ0n) is 11.5. The summed E-state index contributed by atoms with van der Waals surface area (Å²) in [6.07, 6.45) is -0.986. The summed E-state index contributed by atoms with van der Waals surface area (Å²) in [5, 5.41) is 15.2. The van der Waals surface area contributed by atoms with Crippen LogP contribution in [0.1, 0.15) is 41.0 Å². The Morgan fingerprint density at radius 1 is 1.17 bits per heavy atom. The van der Waals surface area contributed by atoms with Crippen LogP contribution in [0.25, 0.3) is 0 Å². The minimum Gasteiger partial charge on any atom is -0.463 e. The average Bonchev–Trinajstić information content (AvgIpc) is 2.21. The number of rotatable bonds is 4. The topological polar surface area (TPSA) is 88.3 Å². The van der Waals surface area contributed by atoms with Crippen molar-refractivity contribution in [3.05, 3.63) is 11.3 Å².